The molecule has 0 aliphatic carbocycles. The lowest BCUT2D eigenvalue weighted by molar-refractivity contribution is 0.0691. The van der Waals surface area contributed by atoms with Gasteiger partial charge in [0.15, 0.2) is 15.5 Å². The van der Waals surface area contributed by atoms with Gasteiger partial charge in [-0.1, -0.05) is 17.7 Å². The number of hydrogen-bond donors (Lipinski definition) is 2. The molecule has 11 heteroatoms. The lowest BCUT2D eigenvalue weighted by atomic mass is 10.0. The predicted molar refractivity (Wildman–Crippen MR) is 139 cm³/mol. The summed E-state index contributed by atoms with van der Waals surface area (Å²) in [6.07, 6.45) is 1.13. The Morgan fingerprint density at radius 3 is 2.39 bits per heavy atom. The summed E-state index contributed by atoms with van der Waals surface area (Å²) >= 11 is 5.87. The first-order valence-electron chi connectivity index (χ1n) is 10.8. The number of nitrogens with one attached hydrogen (secondary N) is 1. The van der Waals surface area contributed by atoms with E-state index in [1.54, 1.807) is 25.2 Å². The van der Waals surface area contributed by atoms with Gasteiger partial charge in [0, 0.05) is 24.4 Å². The monoisotopic (exact) mass is 526 g/mol. The largest absolute Gasteiger partial charge is 0.476 e. The fourth-order valence-corrected chi connectivity index (χ4v) is 4.80. The average molecular weight is 527 g/mol. The van der Waals surface area contributed by atoms with Crippen molar-refractivity contribution in [1.29, 1.82) is 0 Å². The summed E-state index contributed by atoms with van der Waals surface area (Å²) in [5.41, 5.74) is 2.33. The van der Waals surface area contributed by atoms with E-state index in [2.05, 4.69) is 10.3 Å². The molecule has 0 amide bonds. The molecule has 0 aliphatic heterocycles. The van der Waals surface area contributed by atoms with Gasteiger partial charge in [0.2, 0.25) is 0 Å². The first-order chi connectivity index (χ1) is 16.9. The van der Waals surface area contributed by atoms with Gasteiger partial charge in [-0.2, -0.15) is 0 Å². The Kier molecular flexibility index (Phi) is 6.59. The lowest BCUT2D eigenvalue weighted by Crippen LogP contribution is -2.22. The number of carboxylic acids is 1. The molecule has 0 radical (unpaired) electrons. The molecule has 2 aromatic carbocycles. The number of halogens is 1. The summed E-state index contributed by atoms with van der Waals surface area (Å²) in [6.45, 7) is 3.69. The van der Waals surface area contributed by atoms with Crippen LogP contribution >= 0.6 is 11.6 Å². The molecule has 4 aromatic rings. The van der Waals surface area contributed by atoms with Crippen LogP contribution in [0, 0.1) is 6.92 Å². The van der Waals surface area contributed by atoms with E-state index in [0.717, 1.165) is 11.8 Å². The minimum atomic E-state index is -3.37. The fourth-order valence-electron chi connectivity index (χ4n) is 4.02. The highest BCUT2D eigenvalue weighted by molar-refractivity contribution is 7.90. The SMILES string of the molecule is Cc1cc(C(C)Nc2ccc(Cl)nc2C(=O)O)c2nc(-c3ccc(S(C)(=O)=O)cc3)n(C)c(=O)c2c1. The maximum Gasteiger partial charge on any atom is 0.356 e. The van der Waals surface area contributed by atoms with Crippen molar-refractivity contribution in [3.63, 3.8) is 0 Å². The van der Waals surface area contributed by atoms with Crippen LogP contribution in [0.3, 0.4) is 0 Å². The molecule has 0 aliphatic rings. The molecule has 186 valence electrons. The normalized spacial score (nSPS) is 12.5. The number of carbonyl (C=O) groups is 1. The Morgan fingerprint density at radius 2 is 1.78 bits per heavy atom. The molecular formula is C25H23ClN4O5S. The minimum absolute atomic E-state index is 0.0586. The van der Waals surface area contributed by atoms with Crippen LogP contribution in [0.15, 0.2) is 58.2 Å². The van der Waals surface area contributed by atoms with E-state index < -0.39 is 21.8 Å². The smallest absolute Gasteiger partial charge is 0.356 e. The number of nitrogens with zero attached hydrogens (tertiary/aromatic N) is 3. The number of aromatic nitrogens is 3. The van der Waals surface area contributed by atoms with Crippen LogP contribution < -0.4 is 10.9 Å². The van der Waals surface area contributed by atoms with E-state index in [9.17, 15) is 23.1 Å². The minimum Gasteiger partial charge on any atom is -0.476 e. The summed E-state index contributed by atoms with van der Waals surface area (Å²) in [5, 5.41) is 13.2. The maximum absolute atomic E-state index is 13.3. The van der Waals surface area contributed by atoms with E-state index in [4.69, 9.17) is 16.6 Å². The number of benzene rings is 2. The predicted octanol–water partition coefficient (Wildman–Crippen LogP) is 4.23. The molecule has 9 nitrogen and oxygen atoms in total. The summed E-state index contributed by atoms with van der Waals surface area (Å²) in [5.74, 6) is -0.864. The Morgan fingerprint density at radius 1 is 1.11 bits per heavy atom. The number of carboxylic acid groups (broad SMARTS) is 1. The zero-order chi connectivity index (χ0) is 26.4. The Hall–Kier alpha value is -3.76. The summed E-state index contributed by atoms with van der Waals surface area (Å²) < 4.78 is 25.1. The molecule has 2 aromatic heterocycles. The highest BCUT2D eigenvalue weighted by Crippen LogP contribution is 2.29. The molecule has 2 heterocycles. The second kappa shape index (κ2) is 9.36. The molecule has 1 atom stereocenters. The highest BCUT2D eigenvalue weighted by atomic mass is 35.5. The first kappa shape index (κ1) is 25.3. The van der Waals surface area contributed by atoms with Gasteiger partial charge >= 0.3 is 5.97 Å². The summed E-state index contributed by atoms with van der Waals surface area (Å²) in [7, 11) is -1.76. The van der Waals surface area contributed by atoms with Crippen LogP contribution in [0.25, 0.3) is 22.3 Å². The third-order valence-corrected chi connectivity index (χ3v) is 7.14. The Labute approximate surface area is 212 Å². The van der Waals surface area contributed by atoms with Gasteiger partial charge < -0.3 is 10.4 Å². The molecule has 1 unspecified atom stereocenters. The third-order valence-electron chi connectivity index (χ3n) is 5.80. The quantitative estimate of drug-likeness (QED) is 0.357. The van der Waals surface area contributed by atoms with E-state index in [1.807, 2.05) is 19.9 Å². The topological polar surface area (TPSA) is 131 Å². The van der Waals surface area contributed by atoms with E-state index in [1.165, 1.54) is 28.8 Å². The van der Waals surface area contributed by atoms with Crippen LogP contribution in [0.2, 0.25) is 5.15 Å². The number of anilines is 1. The van der Waals surface area contributed by atoms with Crippen molar-refractivity contribution >= 4 is 44.0 Å². The van der Waals surface area contributed by atoms with Crippen molar-refractivity contribution < 1.29 is 18.3 Å². The molecule has 0 saturated carbocycles. The van der Waals surface area contributed by atoms with Gasteiger partial charge in [0.1, 0.15) is 11.0 Å². The maximum atomic E-state index is 13.3. The molecular weight excluding hydrogens is 504 g/mol. The van der Waals surface area contributed by atoms with E-state index >= 15 is 0 Å². The van der Waals surface area contributed by atoms with Gasteiger partial charge in [0.25, 0.3) is 5.56 Å². The molecule has 0 bridgehead atoms. The second-order valence-corrected chi connectivity index (χ2v) is 11.0. The van der Waals surface area contributed by atoms with Gasteiger partial charge in [-0.3, -0.25) is 9.36 Å². The Balaban J connectivity index is 1.87. The zero-order valence-electron chi connectivity index (χ0n) is 19.9. The number of pyridine rings is 1. The van der Waals surface area contributed by atoms with E-state index in [0.29, 0.717) is 27.9 Å². The van der Waals surface area contributed by atoms with Crippen LogP contribution in [0.1, 0.15) is 34.6 Å². The van der Waals surface area contributed by atoms with Crippen molar-refractivity contribution in [2.24, 2.45) is 7.05 Å². The lowest BCUT2D eigenvalue weighted by Gasteiger charge is -2.20. The van der Waals surface area contributed by atoms with Crippen LogP contribution in [-0.4, -0.2) is 40.3 Å². The first-order valence-corrected chi connectivity index (χ1v) is 13.1. The van der Waals surface area contributed by atoms with Crippen molar-refractivity contribution in [1.82, 2.24) is 14.5 Å². The second-order valence-electron chi connectivity index (χ2n) is 8.55. The number of sulfone groups is 1. The summed E-state index contributed by atoms with van der Waals surface area (Å²) in [6, 6.07) is 12.4. The number of aromatic carboxylic acids is 1. The number of aryl methyl sites for hydroxylation is 1. The van der Waals surface area contributed by atoms with Crippen molar-refractivity contribution in [2.75, 3.05) is 11.6 Å². The van der Waals surface area contributed by atoms with Gasteiger partial charge in [-0.25, -0.2) is 23.2 Å². The van der Waals surface area contributed by atoms with Crippen LogP contribution in [-0.2, 0) is 16.9 Å². The standard InChI is InChI=1S/C25H23ClN4O5S/c1-13-11-17(14(2)27-19-9-10-20(26)28-22(19)25(32)33)21-18(12-13)24(31)30(3)23(29-21)15-5-7-16(8-6-15)36(4,34)35/h5-12,14,27H,1-4H3,(H,32,33). The number of rotatable bonds is 6. The molecule has 2 N–H and O–H groups in total. The van der Waals surface area contributed by atoms with Crippen LogP contribution in [0.4, 0.5) is 5.69 Å². The van der Waals surface area contributed by atoms with Crippen molar-refractivity contribution in [3.05, 3.63) is 80.9 Å². The molecule has 0 fully saturated rings. The highest BCUT2D eigenvalue weighted by Gasteiger charge is 2.20. The summed E-state index contributed by atoms with van der Waals surface area (Å²) in [4.78, 5) is 33.8. The van der Waals surface area contributed by atoms with Crippen molar-refractivity contribution in [2.45, 2.75) is 24.8 Å². The third kappa shape index (κ3) is 4.82. The number of fused-ring (bicyclic) bond motifs is 1. The van der Waals surface area contributed by atoms with Crippen LogP contribution in [0.5, 0.6) is 0 Å². The molecule has 0 saturated heterocycles. The van der Waals surface area contributed by atoms with Gasteiger partial charge in [-0.05, 0) is 61.9 Å². The number of hydrogen-bond acceptors (Lipinski definition) is 7. The molecule has 0 spiro atoms. The Bertz CT molecular complexity index is 1680. The fraction of sp³-hybridized carbons (Fsp3) is 0.200. The molecule has 4 rings (SSSR count). The van der Waals surface area contributed by atoms with E-state index in [-0.39, 0.29) is 27.0 Å². The molecule has 36 heavy (non-hydrogen) atoms. The van der Waals surface area contributed by atoms with Crippen molar-refractivity contribution in [3.8, 4) is 11.4 Å². The van der Waals surface area contributed by atoms with Gasteiger partial charge in [-0.15, -0.1) is 0 Å². The average Bonchev–Trinajstić information content (AvgIpc) is 2.81. The zero-order valence-corrected chi connectivity index (χ0v) is 21.5. The van der Waals surface area contributed by atoms with Gasteiger partial charge in [0.05, 0.1) is 27.5 Å².